The molecule has 0 saturated heterocycles. The molecule has 1 atom stereocenters. The lowest BCUT2D eigenvalue weighted by Gasteiger charge is -2.13. The average molecular weight is 372 g/mol. The molecule has 0 radical (unpaired) electrons. The van der Waals surface area contributed by atoms with Gasteiger partial charge in [-0.05, 0) is 42.0 Å². The number of halogens is 3. The molecule has 0 aromatic heterocycles. The zero-order valence-corrected chi connectivity index (χ0v) is 13.5. The second-order valence-corrected chi connectivity index (χ2v) is 6.02. The highest BCUT2D eigenvalue weighted by molar-refractivity contribution is 9.10. The highest BCUT2D eigenvalue weighted by Gasteiger charge is 2.23. The molecule has 0 spiro atoms. The molecule has 0 fully saturated rings. The van der Waals surface area contributed by atoms with Gasteiger partial charge < -0.3 is 9.47 Å². The second-order valence-electron chi connectivity index (χ2n) is 4.89. The first-order valence-corrected chi connectivity index (χ1v) is 7.91. The lowest BCUT2D eigenvalue weighted by molar-refractivity contribution is 0.148. The van der Waals surface area contributed by atoms with Crippen LogP contribution < -0.4 is 9.47 Å². The van der Waals surface area contributed by atoms with Gasteiger partial charge in [-0.3, -0.25) is 0 Å². The number of fused-ring (bicyclic) bond motifs is 1. The van der Waals surface area contributed by atoms with Crippen molar-refractivity contribution in [2.45, 2.75) is 18.4 Å². The van der Waals surface area contributed by atoms with E-state index in [2.05, 4.69) is 15.9 Å². The van der Waals surface area contributed by atoms with E-state index in [0.29, 0.717) is 18.9 Å². The quantitative estimate of drug-likeness (QED) is 0.725. The minimum atomic E-state index is -0.237. The number of benzene rings is 2. The minimum absolute atomic E-state index is 0.0927. The highest BCUT2D eigenvalue weighted by Crippen LogP contribution is 2.30. The van der Waals surface area contributed by atoms with Gasteiger partial charge >= 0.3 is 0 Å². The van der Waals surface area contributed by atoms with Gasteiger partial charge in [-0.15, -0.1) is 11.6 Å². The highest BCUT2D eigenvalue weighted by atomic mass is 79.9. The van der Waals surface area contributed by atoms with Crippen LogP contribution in [0.4, 0.5) is 4.39 Å². The van der Waals surface area contributed by atoms with Crippen molar-refractivity contribution in [3.05, 3.63) is 57.8 Å². The molecule has 0 saturated carbocycles. The van der Waals surface area contributed by atoms with Gasteiger partial charge in [0.2, 0.25) is 0 Å². The summed E-state index contributed by atoms with van der Waals surface area (Å²) < 4.78 is 25.6. The molecule has 0 aliphatic carbocycles. The van der Waals surface area contributed by atoms with E-state index < -0.39 is 0 Å². The first kappa shape index (κ1) is 14.7. The summed E-state index contributed by atoms with van der Waals surface area (Å²) in [6, 6.07) is 10.3. The third kappa shape index (κ3) is 3.33. The van der Waals surface area contributed by atoms with Gasteiger partial charge in [0, 0.05) is 22.3 Å². The molecule has 5 heteroatoms. The van der Waals surface area contributed by atoms with Crippen LogP contribution in [-0.4, -0.2) is 12.7 Å². The van der Waals surface area contributed by atoms with Crippen molar-refractivity contribution in [3.8, 4) is 11.5 Å². The van der Waals surface area contributed by atoms with E-state index in [0.717, 1.165) is 27.1 Å². The number of hydrogen-bond donors (Lipinski definition) is 0. The van der Waals surface area contributed by atoms with Gasteiger partial charge in [-0.1, -0.05) is 15.9 Å². The van der Waals surface area contributed by atoms with Crippen LogP contribution in [0.5, 0.6) is 11.5 Å². The van der Waals surface area contributed by atoms with Crippen LogP contribution >= 0.6 is 27.5 Å². The normalized spacial score (nSPS) is 16.4. The van der Waals surface area contributed by atoms with Crippen LogP contribution in [0.2, 0.25) is 0 Å². The molecule has 0 amide bonds. The number of ether oxygens (including phenoxy) is 2. The summed E-state index contributed by atoms with van der Waals surface area (Å²) in [6.07, 6.45) is 0.566. The van der Waals surface area contributed by atoms with Crippen LogP contribution in [0, 0.1) is 5.82 Å². The molecule has 1 unspecified atom stereocenters. The number of hydrogen-bond acceptors (Lipinski definition) is 2. The fraction of sp³-hybridized carbons (Fsp3) is 0.250. The molecule has 1 aliphatic heterocycles. The maximum Gasteiger partial charge on any atom is 0.137 e. The van der Waals surface area contributed by atoms with Crippen LogP contribution in [0.1, 0.15) is 11.1 Å². The fourth-order valence-electron chi connectivity index (χ4n) is 2.31. The van der Waals surface area contributed by atoms with E-state index in [1.807, 2.05) is 18.2 Å². The largest absolute Gasteiger partial charge is 0.490 e. The zero-order chi connectivity index (χ0) is 14.8. The van der Waals surface area contributed by atoms with Gasteiger partial charge in [-0.2, -0.15) is 0 Å². The van der Waals surface area contributed by atoms with E-state index in [-0.39, 0.29) is 11.9 Å². The predicted octanol–water partition coefficient (Wildman–Crippen LogP) is 4.71. The van der Waals surface area contributed by atoms with Crippen LogP contribution in [0.25, 0.3) is 0 Å². The monoisotopic (exact) mass is 370 g/mol. The molecule has 1 heterocycles. The third-order valence-corrected chi connectivity index (χ3v) is 4.42. The molecule has 2 aromatic rings. The summed E-state index contributed by atoms with van der Waals surface area (Å²) in [6.45, 7) is 0.416. The van der Waals surface area contributed by atoms with E-state index in [4.69, 9.17) is 21.1 Å². The summed E-state index contributed by atoms with van der Waals surface area (Å²) in [5.74, 6) is 1.67. The SMILES string of the molecule is Fc1ccc2c(c1)CC(COc1ccc(Br)c(CCl)c1)O2. The Morgan fingerprint density at radius 1 is 1.29 bits per heavy atom. The van der Waals surface area contributed by atoms with Crippen LogP contribution in [0.3, 0.4) is 0 Å². The lowest BCUT2D eigenvalue weighted by Crippen LogP contribution is -2.22. The first-order valence-electron chi connectivity index (χ1n) is 6.58. The standard InChI is InChI=1S/C16H13BrClFO2/c17-15-3-2-13(7-11(15)8-18)20-9-14-6-10-5-12(19)1-4-16(10)21-14/h1-5,7,14H,6,8-9H2. The van der Waals surface area contributed by atoms with Crippen molar-refractivity contribution < 1.29 is 13.9 Å². The van der Waals surface area contributed by atoms with Gasteiger partial charge in [0.15, 0.2) is 0 Å². The van der Waals surface area contributed by atoms with Gasteiger partial charge in [0.1, 0.15) is 30.0 Å². The van der Waals surface area contributed by atoms with E-state index in [1.165, 1.54) is 12.1 Å². The van der Waals surface area contributed by atoms with Crippen LogP contribution in [-0.2, 0) is 12.3 Å². The van der Waals surface area contributed by atoms with Gasteiger partial charge in [0.05, 0.1) is 0 Å². The minimum Gasteiger partial charge on any atom is -0.490 e. The summed E-state index contributed by atoms with van der Waals surface area (Å²) in [4.78, 5) is 0. The molecule has 21 heavy (non-hydrogen) atoms. The van der Waals surface area contributed by atoms with Crippen molar-refractivity contribution in [1.82, 2.24) is 0 Å². The van der Waals surface area contributed by atoms with Crippen molar-refractivity contribution in [2.24, 2.45) is 0 Å². The van der Waals surface area contributed by atoms with Crippen LogP contribution in [0.15, 0.2) is 40.9 Å². The molecular weight excluding hydrogens is 359 g/mol. The maximum atomic E-state index is 13.2. The van der Waals surface area contributed by atoms with E-state index in [9.17, 15) is 4.39 Å². The molecule has 110 valence electrons. The summed E-state index contributed by atoms with van der Waals surface area (Å²) in [5.41, 5.74) is 1.87. The summed E-state index contributed by atoms with van der Waals surface area (Å²) in [7, 11) is 0. The fourth-order valence-corrected chi connectivity index (χ4v) is 3.08. The Labute approximate surface area is 136 Å². The van der Waals surface area contributed by atoms with Crippen molar-refractivity contribution in [3.63, 3.8) is 0 Å². The Morgan fingerprint density at radius 3 is 2.95 bits per heavy atom. The Bertz CT molecular complexity index is 663. The zero-order valence-electron chi connectivity index (χ0n) is 11.1. The molecule has 0 bridgehead atoms. The Hall–Kier alpha value is -1.26. The number of rotatable bonds is 4. The molecular formula is C16H13BrClFO2. The molecule has 1 aliphatic rings. The smallest absolute Gasteiger partial charge is 0.137 e. The van der Waals surface area contributed by atoms with E-state index >= 15 is 0 Å². The van der Waals surface area contributed by atoms with Crippen molar-refractivity contribution >= 4 is 27.5 Å². The lowest BCUT2D eigenvalue weighted by atomic mass is 10.1. The number of alkyl halides is 1. The Morgan fingerprint density at radius 2 is 2.14 bits per heavy atom. The average Bonchev–Trinajstić information content (AvgIpc) is 2.88. The second kappa shape index (κ2) is 6.24. The summed E-state index contributed by atoms with van der Waals surface area (Å²) >= 11 is 9.30. The Kier molecular flexibility index (Phi) is 4.36. The molecule has 2 nitrogen and oxygen atoms in total. The Balaban J connectivity index is 1.62. The van der Waals surface area contributed by atoms with Crippen molar-refractivity contribution in [1.29, 1.82) is 0 Å². The van der Waals surface area contributed by atoms with E-state index in [1.54, 1.807) is 6.07 Å². The maximum absolute atomic E-state index is 13.2. The summed E-state index contributed by atoms with van der Waals surface area (Å²) in [5, 5.41) is 0. The predicted molar refractivity (Wildman–Crippen MR) is 83.7 cm³/mol. The molecule has 3 rings (SSSR count). The first-order chi connectivity index (χ1) is 10.2. The third-order valence-electron chi connectivity index (χ3n) is 3.36. The molecule has 2 aromatic carbocycles. The molecule has 0 N–H and O–H groups in total. The van der Waals surface area contributed by atoms with Gasteiger partial charge in [-0.25, -0.2) is 4.39 Å². The van der Waals surface area contributed by atoms with Gasteiger partial charge in [0.25, 0.3) is 0 Å². The topological polar surface area (TPSA) is 18.5 Å². The van der Waals surface area contributed by atoms with Crippen molar-refractivity contribution in [2.75, 3.05) is 6.61 Å².